The van der Waals surface area contributed by atoms with E-state index in [2.05, 4.69) is 41.4 Å². The molecule has 0 saturated heterocycles. The predicted molar refractivity (Wildman–Crippen MR) is 73.5 cm³/mol. The van der Waals surface area contributed by atoms with Gasteiger partial charge in [0.05, 0.1) is 6.10 Å². The molecule has 0 amide bonds. The highest BCUT2D eigenvalue weighted by Gasteiger charge is 2.07. The van der Waals surface area contributed by atoms with Gasteiger partial charge in [0.2, 0.25) is 0 Å². The van der Waals surface area contributed by atoms with Crippen LogP contribution in [0.5, 0.6) is 0 Å². The molecule has 0 aliphatic heterocycles. The van der Waals surface area contributed by atoms with Gasteiger partial charge in [0, 0.05) is 32.4 Å². The van der Waals surface area contributed by atoms with E-state index in [0.717, 1.165) is 6.42 Å². The number of hydrogen-bond acceptors (Lipinski definition) is 3. The van der Waals surface area contributed by atoms with Gasteiger partial charge < -0.3 is 15.3 Å². The van der Waals surface area contributed by atoms with Crippen LogP contribution in [0.4, 0.5) is 5.69 Å². The summed E-state index contributed by atoms with van der Waals surface area (Å²) in [6, 6.07) is 8.76. The summed E-state index contributed by atoms with van der Waals surface area (Å²) in [5, 5.41) is 12.8. The Morgan fingerprint density at radius 2 is 1.82 bits per heavy atom. The first-order chi connectivity index (χ1) is 8.04. The molecule has 0 bridgehead atoms. The van der Waals surface area contributed by atoms with Crippen LogP contribution in [0.25, 0.3) is 0 Å². The van der Waals surface area contributed by atoms with Crippen LogP contribution in [0.15, 0.2) is 24.3 Å². The van der Waals surface area contributed by atoms with Crippen molar-refractivity contribution in [3.63, 3.8) is 0 Å². The van der Waals surface area contributed by atoms with Crippen LogP contribution in [0.3, 0.4) is 0 Å². The van der Waals surface area contributed by atoms with Gasteiger partial charge in [-0.05, 0) is 31.0 Å². The minimum Gasteiger partial charge on any atom is -0.392 e. The lowest BCUT2D eigenvalue weighted by Gasteiger charge is -2.18. The molecule has 0 fully saturated rings. The lowest BCUT2D eigenvalue weighted by atomic mass is 10.1. The fourth-order valence-electron chi connectivity index (χ4n) is 1.64. The molecule has 0 aliphatic carbocycles. The first-order valence-electron chi connectivity index (χ1n) is 6.23. The fraction of sp³-hybridized carbons (Fsp3) is 0.571. The van der Waals surface area contributed by atoms with Gasteiger partial charge >= 0.3 is 0 Å². The summed E-state index contributed by atoms with van der Waals surface area (Å²) in [6.07, 6.45) is 0.540. The second-order valence-electron chi connectivity index (χ2n) is 4.68. The van der Waals surface area contributed by atoms with Crippen molar-refractivity contribution in [1.82, 2.24) is 5.32 Å². The molecule has 3 heteroatoms. The molecule has 0 radical (unpaired) electrons. The summed E-state index contributed by atoms with van der Waals surface area (Å²) in [6.45, 7) is 4.75. The average molecular weight is 236 g/mol. The van der Waals surface area contributed by atoms with Gasteiger partial charge in [-0.2, -0.15) is 0 Å². The third-order valence-electron chi connectivity index (χ3n) is 3.04. The van der Waals surface area contributed by atoms with Gasteiger partial charge in [-0.25, -0.2) is 0 Å². The number of hydrogen-bond donors (Lipinski definition) is 2. The Morgan fingerprint density at radius 1 is 1.24 bits per heavy atom. The van der Waals surface area contributed by atoms with Crippen LogP contribution >= 0.6 is 0 Å². The normalized spacial score (nSPS) is 14.4. The number of rotatable bonds is 6. The molecule has 1 aromatic carbocycles. The molecule has 0 saturated carbocycles. The van der Waals surface area contributed by atoms with Crippen molar-refractivity contribution in [2.75, 3.05) is 25.5 Å². The Bertz CT molecular complexity index is 321. The van der Waals surface area contributed by atoms with Gasteiger partial charge in [0.1, 0.15) is 0 Å². The molecule has 0 aromatic heterocycles. The maximum Gasteiger partial charge on any atom is 0.0662 e. The molecule has 96 valence electrons. The van der Waals surface area contributed by atoms with Crippen LogP contribution in [0, 0.1) is 0 Å². The van der Waals surface area contributed by atoms with Gasteiger partial charge in [-0.3, -0.25) is 0 Å². The molecule has 1 aromatic rings. The van der Waals surface area contributed by atoms with E-state index in [1.54, 1.807) is 0 Å². The second-order valence-corrected chi connectivity index (χ2v) is 4.68. The SMILES string of the molecule is CCC(O)CNC(C)c1ccc(N(C)C)cc1. The highest BCUT2D eigenvalue weighted by atomic mass is 16.3. The smallest absolute Gasteiger partial charge is 0.0662 e. The number of nitrogens with zero attached hydrogens (tertiary/aromatic N) is 1. The van der Waals surface area contributed by atoms with E-state index in [4.69, 9.17) is 0 Å². The number of nitrogens with one attached hydrogen (secondary N) is 1. The number of benzene rings is 1. The average Bonchev–Trinajstić information content (AvgIpc) is 2.35. The minimum absolute atomic E-state index is 0.251. The highest BCUT2D eigenvalue weighted by Crippen LogP contribution is 2.17. The Morgan fingerprint density at radius 3 is 2.29 bits per heavy atom. The minimum atomic E-state index is -0.251. The van der Waals surface area contributed by atoms with E-state index >= 15 is 0 Å². The summed E-state index contributed by atoms with van der Waals surface area (Å²) in [7, 11) is 4.07. The van der Waals surface area contributed by atoms with Crippen molar-refractivity contribution in [1.29, 1.82) is 0 Å². The zero-order chi connectivity index (χ0) is 12.8. The number of aliphatic hydroxyl groups excluding tert-OH is 1. The summed E-state index contributed by atoms with van der Waals surface area (Å²) < 4.78 is 0. The van der Waals surface area contributed by atoms with E-state index in [1.807, 2.05) is 21.0 Å². The Labute approximate surface area is 104 Å². The Balaban J connectivity index is 2.54. The van der Waals surface area contributed by atoms with Crippen LogP contribution in [0.1, 0.15) is 31.9 Å². The van der Waals surface area contributed by atoms with E-state index < -0.39 is 0 Å². The van der Waals surface area contributed by atoms with Crippen LogP contribution in [-0.4, -0.2) is 31.9 Å². The van der Waals surface area contributed by atoms with Crippen molar-refractivity contribution < 1.29 is 5.11 Å². The Kier molecular flexibility index (Phi) is 5.45. The van der Waals surface area contributed by atoms with Crippen molar-refractivity contribution in [2.45, 2.75) is 32.4 Å². The van der Waals surface area contributed by atoms with E-state index in [0.29, 0.717) is 6.54 Å². The van der Waals surface area contributed by atoms with Gasteiger partial charge in [0.25, 0.3) is 0 Å². The standard InChI is InChI=1S/C14H24N2O/c1-5-14(17)10-15-11(2)12-6-8-13(9-7-12)16(3)4/h6-9,11,14-15,17H,5,10H2,1-4H3. The third-order valence-corrected chi connectivity index (χ3v) is 3.04. The molecule has 0 aliphatic rings. The van der Waals surface area contributed by atoms with Crippen molar-refractivity contribution in [3.8, 4) is 0 Å². The molecule has 3 nitrogen and oxygen atoms in total. The predicted octanol–water partition coefficient (Wildman–Crippen LogP) is 2.17. The molecule has 1 rings (SSSR count). The quantitative estimate of drug-likeness (QED) is 0.794. The van der Waals surface area contributed by atoms with Gasteiger partial charge in [-0.15, -0.1) is 0 Å². The molecular formula is C14H24N2O. The zero-order valence-corrected chi connectivity index (χ0v) is 11.3. The third kappa shape index (κ3) is 4.36. The summed E-state index contributed by atoms with van der Waals surface area (Å²) in [5.41, 5.74) is 2.45. The number of anilines is 1. The van der Waals surface area contributed by atoms with Crippen LogP contribution in [-0.2, 0) is 0 Å². The molecule has 2 N–H and O–H groups in total. The van der Waals surface area contributed by atoms with Crippen LogP contribution in [0.2, 0.25) is 0 Å². The second kappa shape index (κ2) is 6.62. The summed E-state index contributed by atoms with van der Waals surface area (Å²) >= 11 is 0. The zero-order valence-electron chi connectivity index (χ0n) is 11.3. The molecular weight excluding hydrogens is 212 g/mol. The maximum absolute atomic E-state index is 9.50. The lowest BCUT2D eigenvalue weighted by molar-refractivity contribution is 0.164. The fourth-order valence-corrected chi connectivity index (χ4v) is 1.64. The highest BCUT2D eigenvalue weighted by molar-refractivity contribution is 5.46. The molecule has 17 heavy (non-hydrogen) atoms. The largest absolute Gasteiger partial charge is 0.392 e. The molecule has 0 spiro atoms. The van der Waals surface area contributed by atoms with Gasteiger partial charge in [-0.1, -0.05) is 19.1 Å². The van der Waals surface area contributed by atoms with Crippen molar-refractivity contribution in [3.05, 3.63) is 29.8 Å². The first-order valence-corrected chi connectivity index (χ1v) is 6.23. The molecule has 2 atom stereocenters. The van der Waals surface area contributed by atoms with Crippen LogP contribution < -0.4 is 10.2 Å². The maximum atomic E-state index is 9.50. The van der Waals surface area contributed by atoms with Crippen molar-refractivity contribution >= 4 is 5.69 Å². The summed E-state index contributed by atoms with van der Waals surface area (Å²) in [5.74, 6) is 0. The van der Waals surface area contributed by atoms with Gasteiger partial charge in [0.15, 0.2) is 0 Å². The monoisotopic (exact) mass is 236 g/mol. The van der Waals surface area contributed by atoms with E-state index in [-0.39, 0.29) is 12.1 Å². The molecule has 2 unspecified atom stereocenters. The van der Waals surface area contributed by atoms with E-state index in [9.17, 15) is 5.11 Å². The first kappa shape index (κ1) is 14.0. The molecule has 0 heterocycles. The number of aliphatic hydroxyl groups is 1. The Hall–Kier alpha value is -1.06. The topological polar surface area (TPSA) is 35.5 Å². The lowest BCUT2D eigenvalue weighted by Crippen LogP contribution is -2.28. The van der Waals surface area contributed by atoms with Crippen molar-refractivity contribution in [2.24, 2.45) is 0 Å². The van der Waals surface area contributed by atoms with E-state index in [1.165, 1.54) is 11.3 Å². The summed E-state index contributed by atoms with van der Waals surface area (Å²) in [4.78, 5) is 2.09.